The molecule has 0 heterocycles. The monoisotopic (exact) mass is 177 g/mol. The van der Waals surface area contributed by atoms with E-state index >= 15 is 0 Å². The maximum atomic E-state index is 10.7. The fourth-order valence-electron chi connectivity index (χ4n) is 0.356. The van der Waals surface area contributed by atoms with E-state index in [9.17, 15) is 9.59 Å². The molecule has 0 aromatic rings. The van der Waals surface area contributed by atoms with Crippen LogP contribution in [0.2, 0.25) is 0 Å². The van der Waals surface area contributed by atoms with Gasteiger partial charge in [0.1, 0.15) is 0 Å². The van der Waals surface area contributed by atoms with Gasteiger partial charge < -0.3 is 9.57 Å². The number of methoxy groups -OCH3 is 1. The van der Waals surface area contributed by atoms with E-state index in [-0.39, 0.29) is 0 Å². The first-order valence-corrected chi connectivity index (χ1v) is 3.05. The van der Waals surface area contributed by atoms with E-state index in [4.69, 9.17) is 0 Å². The zero-order valence-corrected chi connectivity index (χ0v) is 7.08. The smallest absolute Gasteiger partial charge is 0.436 e. The SMILES string of the molecule is COC(=O)ONC(=O)NN(C)C. The second kappa shape index (κ2) is 5.19. The number of urea groups is 1. The van der Waals surface area contributed by atoms with Crippen LogP contribution in [-0.2, 0) is 9.57 Å². The van der Waals surface area contributed by atoms with E-state index in [0.717, 1.165) is 7.11 Å². The number of ether oxygens (including phenoxy) is 1. The molecule has 0 unspecified atom stereocenters. The third-order valence-corrected chi connectivity index (χ3v) is 0.719. The van der Waals surface area contributed by atoms with Crippen molar-refractivity contribution >= 4 is 12.2 Å². The number of nitrogens with one attached hydrogen (secondary N) is 2. The Morgan fingerprint density at radius 1 is 1.33 bits per heavy atom. The predicted molar refractivity (Wildman–Crippen MR) is 38.8 cm³/mol. The zero-order chi connectivity index (χ0) is 9.56. The second-order valence-electron chi connectivity index (χ2n) is 1.99. The number of hydrogen-bond acceptors (Lipinski definition) is 5. The average molecular weight is 177 g/mol. The van der Waals surface area contributed by atoms with Gasteiger partial charge in [-0.2, -0.15) is 5.48 Å². The fraction of sp³-hybridized carbons (Fsp3) is 0.600. The summed E-state index contributed by atoms with van der Waals surface area (Å²) >= 11 is 0. The minimum absolute atomic E-state index is 0.662. The molecule has 7 heteroatoms. The topological polar surface area (TPSA) is 79.9 Å². The van der Waals surface area contributed by atoms with Gasteiger partial charge in [-0.1, -0.05) is 0 Å². The van der Waals surface area contributed by atoms with Crippen LogP contribution in [0.5, 0.6) is 0 Å². The van der Waals surface area contributed by atoms with Crippen LogP contribution in [0.3, 0.4) is 0 Å². The Hall–Kier alpha value is -1.50. The first kappa shape index (κ1) is 10.5. The summed E-state index contributed by atoms with van der Waals surface area (Å²) in [7, 11) is 4.35. The number of carbonyl (C=O) groups excluding carboxylic acids is 2. The van der Waals surface area contributed by atoms with Crippen molar-refractivity contribution in [2.75, 3.05) is 21.2 Å². The lowest BCUT2D eigenvalue weighted by Gasteiger charge is -2.11. The minimum atomic E-state index is -0.982. The maximum Gasteiger partial charge on any atom is 0.533 e. The Morgan fingerprint density at radius 3 is 2.33 bits per heavy atom. The molecule has 2 N–H and O–H groups in total. The molecule has 0 rings (SSSR count). The van der Waals surface area contributed by atoms with Gasteiger partial charge in [-0.15, -0.1) is 0 Å². The highest BCUT2D eigenvalue weighted by Gasteiger charge is 2.04. The molecular formula is C5H11N3O4. The molecule has 0 fully saturated rings. The van der Waals surface area contributed by atoms with Crippen LogP contribution in [0.4, 0.5) is 9.59 Å². The fourth-order valence-corrected chi connectivity index (χ4v) is 0.356. The standard InChI is InChI=1S/C5H11N3O4/c1-8(2)6-4(9)7-12-5(10)11-3/h1-3H3,(H2,6,7,9). The van der Waals surface area contributed by atoms with Gasteiger partial charge in [-0.05, 0) is 0 Å². The van der Waals surface area contributed by atoms with Gasteiger partial charge >= 0.3 is 12.2 Å². The van der Waals surface area contributed by atoms with E-state index < -0.39 is 12.2 Å². The molecule has 0 aliphatic carbocycles. The van der Waals surface area contributed by atoms with E-state index in [1.54, 1.807) is 19.6 Å². The normalized spacial score (nSPS) is 9.00. The molecule has 70 valence electrons. The summed E-state index contributed by atoms with van der Waals surface area (Å²) in [6.45, 7) is 0. The van der Waals surface area contributed by atoms with Gasteiger partial charge in [-0.3, -0.25) is 5.43 Å². The Morgan fingerprint density at radius 2 is 1.92 bits per heavy atom. The number of rotatable bonds is 1. The molecule has 12 heavy (non-hydrogen) atoms. The Bertz CT molecular complexity index is 170. The van der Waals surface area contributed by atoms with Gasteiger partial charge in [0.2, 0.25) is 0 Å². The van der Waals surface area contributed by atoms with Crippen molar-refractivity contribution in [2.24, 2.45) is 0 Å². The van der Waals surface area contributed by atoms with Crippen molar-refractivity contribution in [3.05, 3.63) is 0 Å². The third-order valence-electron chi connectivity index (χ3n) is 0.719. The molecule has 0 aliphatic heterocycles. The highest BCUT2D eigenvalue weighted by Crippen LogP contribution is 1.76. The maximum absolute atomic E-state index is 10.7. The van der Waals surface area contributed by atoms with Crippen LogP contribution in [-0.4, -0.2) is 38.4 Å². The summed E-state index contributed by atoms with van der Waals surface area (Å²) in [4.78, 5) is 25.1. The molecule has 0 saturated carbocycles. The van der Waals surface area contributed by atoms with Gasteiger partial charge in [0.15, 0.2) is 0 Å². The zero-order valence-electron chi connectivity index (χ0n) is 7.08. The minimum Gasteiger partial charge on any atom is -0.436 e. The highest BCUT2D eigenvalue weighted by atomic mass is 16.8. The van der Waals surface area contributed by atoms with Gasteiger partial charge in [0.05, 0.1) is 7.11 Å². The lowest BCUT2D eigenvalue weighted by molar-refractivity contribution is 0.0381. The first-order chi connectivity index (χ1) is 5.56. The number of carbonyl (C=O) groups is 2. The Balaban J connectivity index is 3.51. The predicted octanol–water partition coefficient (Wildman–Crippen LogP) is -0.540. The van der Waals surface area contributed by atoms with Crippen LogP contribution in [0.1, 0.15) is 0 Å². The van der Waals surface area contributed by atoms with Crippen molar-refractivity contribution in [3.63, 3.8) is 0 Å². The quantitative estimate of drug-likeness (QED) is 0.415. The van der Waals surface area contributed by atoms with Crippen molar-refractivity contribution in [2.45, 2.75) is 0 Å². The largest absolute Gasteiger partial charge is 0.533 e. The summed E-state index contributed by atoms with van der Waals surface area (Å²) in [6.07, 6.45) is -0.982. The lowest BCUT2D eigenvalue weighted by Crippen LogP contribution is -2.43. The number of hydrazine groups is 1. The van der Waals surface area contributed by atoms with Crippen molar-refractivity contribution in [1.82, 2.24) is 15.9 Å². The summed E-state index contributed by atoms with van der Waals surface area (Å²) in [5.41, 5.74) is 4.07. The summed E-state index contributed by atoms with van der Waals surface area (Å²) in [5.74, 6) is 0. The average Bonchev–Trinajstić information content (AvgIpc) is 1.99. The van der Waals surface area contributed by atoms with Crippen LogP contribution in [0.15, 0.2) is 0 Å². The molecule has 0 saturated heterocycles. The number of nitrogens with zero attached hydrogens (tertiary/aromatic N) is 1. The summed E-state index contributed by atoms with van der Waals surface area (Å²) < 4.78 is 4.09. The Kier molecular flexibility index (Phi) is 4.54. The number of hydroxylamine groups is 1. The molecule has 0 atom stereocenters. The van der Waals surface area contributed by atoms with Crippen molar-refractivity contribution in [1.29, 1.82) is 0 Å². The van der Waals surface area contributed by atoms with Crippen LogP contribution < -0.4 is 10.9 Å². The van der Waals surface area contributed by atoms with Crippen LogP contribution in [0, 0.1) is 0 Å². The van der Waals surface area contributed by atoms with E-state index in [1.165, 1.54) is 5.01 Å². The number of amides is 2. The first-order valence-electron chi connectivity index (χ1n) is 3.05. The molecule has 0 bridgehead atoms. The lowest BCUT2D eigenvalue weighted by atomic mass is 11.0. The summed E-state index contributed by atoms with van der Waals surface area (Å²) in [6, 6.07) is -0.662. The van der Waals surface area contributed by atoms with Crippen LogP contribution >= 0.6 is 0 Å². The molecule has 0 aromatic carbocycles. The van der Waals surface area contributed by atoms with Crippen molar-refractivity contribution < 1.29 is 19.2 Å². The van der Waals surface area contributed by atoms with Gasteiger partial charge in [0, 0.05) is 14.1 Å². The third kappa shape index (κ3) is 5.30. The molecule has 0 radical (unpaired) electrons. The van der Waals surface area contributed by atoms with E-state index in [1.807, 2.05) is 0 Å². The molecule has 7 nitrogen and oxygen atoms in total. The van der Waals surface area contributed by atoms with Gasteiger partial charge in [-0.25, -0.2) is 14.6 Å². The van der Waals surface area contributed by atoms with Crippen LogP contribution in [0.25, 0.3) is 0 Å². The highest BCUT2D eigenvalue weighted by molar-refractivity contribution is 5.73. The molecular weight excluding hydrogens is 166 g/mol. The second-order valence-corrected chi connectivity index (χ2v) is 1.99. The van der Waals surface area contributed by atoms with E-state index in [2.05, 4.69) is 15.0 Å². The van der Waals surface area contributed by atoms with Gasteiger partial charge in [0.25, 0.3) is 0 Å². The molecule has 0 aromatic heterocycles. The molecule has 2 amide bonds. The van der Waals surface area contributed by atoms with Crippen molar-refractivity contribution in [3.8, 4) is 0 Å². The van der Waals surface area contributed by atoms with E-state index in [0.29, 0.717) is 0 Å². The Labute approximate surface area is 69.5 Å². The molecule has 0 spiro atoms. The summed E-state index contributed by atoms with van der Waals surface area (Å²) in [5, 5.41) is 1.38. The molecule has 0 aliphatic rings. The number of hydrogen-bond donors (Lipinski definition) is 2.